The minimum atomic E-state index is -2.99. The monoisotopic (exact) mass is 312 g/mol. The molecule has 0 saturated heterocycles. The minimum absolute atomic E-state index is 0. The molecule has 0 bridgehead atoms. The smallest absolute Gasteiger partial charge is 0.237 e. The highest BCUT2D eigenvalue weighted by molar-refractivity contribution is 7.90. The number of halogens is 1. The molecule has 2 atom stereocenters. The molecule has 0 radical (unpaired) electrons. The number of nitrogens with one attached hydrogen (secondary N) is 1. The Morgan fingerprint density at radius 1 is 1.42 bits per heavy atom. The van der Waals surface area contributed by atoms with Gasteiger partial charge in [0.2, 0.25) is 5.91 Å². The van der Waals surface area contributed by atoms with E-state index in [0.29, 0.717) is 6.54 Å². The van der Waals surface area contributed by atoms with Crippen LogP contribution in [0.15, 0.2) is 0 Å². The summed E-state index contributed by atoms with van der Waals surface area (Å²) in [5, 5.41) is 2.79. The van der Waals surface area contributed by atoms with Crippen LogP contribution in [-0.2, 0) is 14.6 Å². The number of hydrogen-bond donors (Lipinski definition) is 2. The Hall–Kier alpha value is -0.330. The number of carbonyl (C=O) groups is 1. The highest BCUT2D eigenvalue weighted by Gasteiger charge is 2.45. The zero-order valence-corrected chi connectivity index (χ0v) is 13.4. The summed E-state index contributed by atoms with van der Waals surface area (Å²) in [6.45, 7) is 4.35. The molecule has 114 valence electrons. The van der Waals surface area contributed by atoms with Gasteiger partial charge in [0.1, 0.15) is 9.84 Å². The van der Waals surface area contributed by atoms with E-state index in [4.69, 9.17) is 5.73 Å². The first-order chi connectivity index (χ1) is 8.19. The molecular weight excluding hydrogens is 288 g/mol. The summed E-state index contributed by atoms with van der Waals surface area (Å²) in [7, 11) is -2.99. The molecule has 7 heteroatoms. The predicted molar refractivity (Wildman–Crippen MR) is 79.1 cm³/mol. The Kier molecular flexibility index (Phi) is 6.78. The third-order valence-electron chi connectivity index (χ3n) is 3.72. The summed E-state index contributed by atoms with van der Waals surface area (Å²) < 4.78 is 22.6. The molecule has 1 fully saturated rings. The Morgan fingerprint density at radius 3 is 2.32 bits per heavy atom. The second-order valence-corrected chi connectivity index (χ2v) is 7.84. The van der Waals surface area contributed by atoms with Crippen LogP contribution in [-0.4, -0.2) is 38.9 Å². The summed E-state index contributed by atoms with van der Waals surface area (Å²) in [6.07, 6.45) is 3.81. The Balaban J connectivity index is 0.00000324. The molecule has 2 unspecified atom stereocenters. The van der Waals surface area contributed by atoms with Crippen molar-refractivity contribution >= 4 is 28.2 Å². The van der Waals surface area contributed by atoms with Gasteiger partial charge in [-0.15, -0.1) is 12.4 Å². The van der Waals surface area contributed by atoms with Crippen molar-refractivity contribution in [2.45, 2.75) is 39.2 Å². The first-order valence-electron chi connectivity index (χ1n) is 6.40. The normalized spacial score (nSPS) is 20.0. The van der Waals surface area contributed by atoms with Crippen molar-refractivity contribution in [1.82, 2.24) is 5.32 Å². The fourth-order valence-corrected chi connectivity index (χ4v) is 3.51. The van der Waals surface area contributed by atoms with E-state index < -0.39 is 15.9 Å². The minimum Gasteiger partial charge on any atom is -0.354 e. The lowest BCUT2D eigenvalue weighted by molar-refractivity contribution is -0.123. The molecule has 19 heavy (non-hydrogen) atoms. The Bertz CT molecular complexity index is 407. The molecule has 1 rings (SSSR count). The van der Waals surface area contributed by atoms with Crippen molar-refractivity contribution in [3.63, 3.8) is 0 Å². The Morgan fingerprint density at radius 2 is 1.95 bits per heavy atom. The quantitative estimate of drug-likeness (QED) is 0.725. The van der Waals surface area contributed by atoms with E-state index in [9.17, 15) is 13.2 Å². The molecule has 1 saturated carbocycles. The van der Waals surface area contributed by atoms with E-state index in [1.54, 1.807) is 0 Å². The molecule has 0 aromatic carbocycles. The van der Waals surface area contributed by atoms with Crippen LogP contribution in [0.2, 0.25) is 0 Å². The molecule has 0 aromatic heterocycles. The second kappa shape index (κ2) is 6.90. The van der Waals surface area contributed by atoms with Crippen molar-refractivity contribution < 1.29 is 13.2 Å². The van der Waals surface area contributed by atoms with Crippen LogP contribution in [0, 0.1) is 11.3 Å². The third-order valence-corrected chi connectivity index (χ3v) is 4.86. The standard InChI is InChI=1S/C12H24N2O3S.ClH/c1-4-9(2)10(13)11(15)14-7-12(5-6-12)8-18(3,16)17;/h9-10H,4-8,13H2,1-3H3,(H,14,15);1H. The fourth-order valence-electron chi connectivity index (χ4n) is 2.01. The topological polar surface area (TPSA) is 89.3 Å². The molecule has 0 spiro atoms. The number of rotatable bonds is 7. The van der Waals surface area contributed by atoms with Gasteiger partial charge in [-0.1, -0.05) is 20.3 Å². The lowest BCUT2D eigenvalue weighted by Gasteiger charge is -2.20. The molecule has 1 amide bonds. The summed E-state index contributed by atoms with van der Waals surface area (Å²) in [6, 6.07) is -0.510. The first kappa shape index (κ1) is 18.7. The van der Waals surface area contributed by atoms with Crippen LogP contribution in [0.3, 0.4) is 0 Å². The van der Waals surface area contributed by atoms with Crippen LogP contribution in [0.4, 0.5) is 0 Å². The van der Waals surface area contributed by atoms with Gasteiger partial charge in [-0.2, -0.15) is 0 Å². The summed E-state index contributed by atoms with van der Waals surface area (Å²) in [5.41, 5.74) is 5.58. The van der Waals surface area contributed by atoms with E-state index in [1.165, 1.54) is 6.26 Å². The van der Waals surface area contributed by atoms with Gasteiger partial charge in [-0.25, -0.2) is 8.42 Å². The zero-order chi connectivity index (χ0) is 14.0. The van der Waals surface area contributed by atoms with E-state index in [-0.39, 0.29) is 35.4 Å². The summed E-state index contributed by atoms with van der Waals surface area (Å²) >= 11 is 0. The van der Waals surface area contributed by atoms with Gasteiger partial charge in [-0.05, 0) is 18.8 Å². The molecule has 0 heterocycles. The average molecular weight is 313 g/mol. The fraction of sp³-hybridized carbons (Fsp3) is 0.917. The first-order valence-corrected chi connectivity index (χ1v) is 8.46. The van der Waals surface area contributed by atoms with Crippen LogP contribution in [0.1, 0.15) is 33.1 Å². The third kappa shape index (κ3) is 6.10. The van der Waals surface area contributed by atoms with Crippen molar-refractivity contribution in [2.75, 3.05) is 18.6 Å². The largest absolute Gasteiger partial charge is 0.354 e. The molecule has 3 N–H and O–H groups in total. The van der Waals surface area contributed by atoms with Crippen molar-refractivity contribution in [2.24, 2.45) is 17.1 Å². The summed E-state index contributed by atoms with van der Waals surface area (Å²) in [5.74, 6) is 0.109. The Labute approximate surface area is 122 Å². The second-order valence-electron chi connectivity index (χ2n) is 5.70. The zero-order valence-electron chi connectivity index (χ0n) is 11.8. The van der Waals surface area contributed by atoms with Gasteiger partial charge in [0.15, 0.2) is 0 Å². The highest BCUT2D eigenvalue weighted by atomic mass is 35.5. The molecule has 0 aromatic rings. The maximum absolute atomic E-state index is 11.8. The molecule has 5 nitrogen and oxygen atoms in total. The van der Waals surface area contributed by atoms with Crippen LogP contribution < -0.4 is 11.1 Å². The molecule has 1 aliphatic rings. The van der Waals surface area contributed by atoms with Gasteiger partial charge in [0.25, 0.3) is 0 Å². The van der Waals surface area contributed by atoms with E-state index in [0.717, 1.165) is 19.3 Å². The van der Waals surface area contributed by atoms with Crippen molar-refractivity contribution in [3.05, 3.63) is 0 Å². The number of sulfone groups is 1. The average Bonchev–Trinajstić information content (AvgIpc) is 3.01. The van der Waals surface area contributed by atoms with E-state index in [1.807, 2.05) is 13.8 Å². The van der Waals surface area contributed by atoms with Crippen LogP contribution in [0.5, 0.6) is 0 Å². The number of nitrogens with two attached hydrogens (primary N) is 1. The van der Waals surface area contributed by atoms with Gasteiger partial charge >= 0.3 is 0 Å². The maximum Gasteiger partial charge on any atom is 0.237 e. The maximum atomic E-state index is 11.8. The number of amides is 1. The van der Waals surface area contributed by atoms with E-state index >= 15 is 0 Å². The summed E-state index contributed by atoms with van der Waals surface area (Å²) in [4.78, 5) is 11.8. The SMILES string of the molecule is CCC(C)C(N)C(=O)NCC1(CS(C)(=O)=O)CC1.Cl. The molecular formula is C12H25ClN2O3S. The lowest BCUT2D eigenvalue weighted by Crippen LogP contribution is -2.46. The van der Waals surface area contributed by atoms with E-state index in [2.05, 4.69) is 5.32 Å². The van der Waals surface area contributed by atoms with Gasteiger partial charge < -0.3 is 11.1 Å². The van der Waals surface area contributed by atoms with Crippen molar-refractivity contribution in [1.29, 1.82) is 0 Å². The highest BCUT2D eigenvalue weighted by Crippen LogP contribution is 2.46. The van der Waals surface area contributed by atoms with Crippen LogP contribution in [0.25, 0.3) is 0 Å². The van der Waals surface area contributed by atoms with Crippen LogP contribution >= 0.6 is 12.4 Å². The number of hydrogen-bond acceptors (Lipinski definition) is 4. The molecule has 1 aliphatic carbocycles. The van der Waals surface area contributed by atoms with Gasteiger partial charge in [-0.3, -0.25) is 4.79 Å². The van der Waals surface area contributed by atoms with Crippen molar-refractivity contribution in [3.8, 4) is 0 Å². The lowest BCUT2D eigenvalue weighted by atomic mass is 9.99. The predicted octanol–water partition coefficient (Wildman–Crippen LogP) is 0.723. The number of carbonyl (C=O) groups excluding carboxylic acids is 1. The molecule has 0 aliphatic heterocycles. The van der Waals surface area contributed by atoms with Gasteiger partial charge in [0, 0.05) is 18.2 Å². The van der Waals surface area contributed by atoms with Gasteiger partial charge in [0.05, 0.1) is 11.8 Å².